The first-order valence-electron chi connectivity index (χ1n) is 8.52. The summed E-state index contributed by atoms with van der Waals surface area (Å²) >= 11 is 2.62. The number of benzene rings is 1. The van der Waals surface area contributed by atoms with E-state index < -0.39 is 12.7 Å². The van der Waals surface area contributed by atoms with E-state index in [4.69, 9.17) is 0 Å². The predicted molar refractivity (Wildman–Crippen MR) is 106 cm³/mol. The van der Waals surface area contributed by atoms with Gasteiger partial charge in [0.2, 0.25) is 0 Å². The molecule has 10 heteroatoms. The molecule has 148 valence electrons. The molecule has 3 heterocycles. The summed E-state index contributed by atoms with van der Waals surface area (Å²) in [4.78, 5) is 17.0. The molecular formula is C19H14F3N5S2. The second-order valence-electron chi connectivity index (χ2n) is 6.00. The van der Waals surface area contributed by atoms with E-state index >= 15 is 0 Å². The van der Waals surface area contributed by atoms with Crippen LogP contribution in [0.2, 0.25) is 0 Å². The van der Waals surface area contributed by atoms with Crippen LogP contribution in [-0.2, 0) is 12.3 Å². The SMILES string of the molecule is FC(F)(F)Cn1c(-c2ccccc2)cnc1SCc1csc(-c2ncccn2)n1. The maximum atomic E-state index is 13.2. The third kappa shape index (κ3) is 4.83. The number of rotatable bonds is 6. The van der Waals surface area contributed by atoms with Crippen molar-refractivity contribution in [3.63, 3.8) is 0 Å². The van der Waals surface area contributed by atoms with Crippen molar-refractivity contribution in [1.29, 1.82) is 0 Å². The Morgan fingerprint density at radius 3 is 2.48 bits per heavy atom. The minimum absolute atomic E-state index is 0.298. The van der Waals surface area contributed by atoms with E-state index in [1.165, 1.54) is 33.9 Å². The Hall–Kier alpha value is -2.72. The molecule has 0 aliphatic rings. The van der Waals surface area contributed by atoms with E-state index in [1.807, 2.05) is 11.4 Å². The Morgan fingerprint density at radius 2 is 1.76 bits per heavy atom. The predicted octanol–water partition coefficient (Wildman–Crippen LogP) is 5.32. The lowest BCUT2D eigenvalue weighted by Gasteiger charge is -2.14. The molecule has 0 bridgehead atoms. The van der Waals surface area contributed by atoms with Gasteiger partial charge in [0.15, 0.2) is 16.0 Å². The molecule has 4 aromatic rings. The van der Waals surface area contributed by atoms with E-state index in [9.17, 15) is 13.2 Å². The van der Waals surface area contributed by atoms with Gasteiger partial charge in [-0.1, -0.05) is 42.1 Å². The van der Waals surface area contributed by atoms with Crippen molar-refractivity contribution in [2.75, 3.05) is 0 Å². The van der Waals surface area contributed by atoms with Gasteiger partial charge in [0, 0.05) is 23.5 Å². The first-order chi connectivity index (χ1) is 14.0. The lowest BCUT2D eigenvalue weighted by Crippen LogP contribution is -2.19. The molecule has 0 saturated heterocycles. The fraction of sp³-hybridized carbons (Fsp3) is 0.158. The smallest absolute Gasteiger partial charge is 0.310 e. The number of aromatic nitrogens is 5. The molecule has 0 N–H and O–H groups in total. The van der Waals surface area contributed by atoms with E-state index in [0.717, 1.165) is 5.69 Å². The first kappa shape index (κ1) is 19.6. The van der Waals surface area contributed by atoms with Gasteiger partial charge in [0.25, 0.3) is 0 Å². The average Bonchev–Trinajstić information content (AvgIpc) is 3.34. The van der Waals surface area contributed by atoms with Crippen molar-refractivity contribution < 1.29 is 13.2 Å². The van der Waals surface area contributed by atoms with Crippen LogP contribution < -0.4 is 0 Å². The Balaban J connectivity index is 1.56. The monoisotopic (exact) mass is 433 g/mol. The van der Waals surface area contributed by atoms with Crippen molar-refractivity contribution in [2.24, 2.45) is 0 Å². The van der Waals surface area contributed by atoms with Crippen molar-refractivity contribution in [3.8, 4) is 22.1 Å². The molecular weight excluding hydrogens is 419 g/mol. The van der Waals surface area contributed by atoms with Gasteiger partial charge in [-0.3, -0.25) is 0 Å². The van der Waals surface area contributed by atoms with E-state index in [1.54, 1.807) is 42.7 Å². The number of halogens is 3. The summed E-state index contributed by atoms with van der Waals surface area (Å²) in [6, 6.07) is 10.7. The van der Waals surface area contributed by atoms with Gasteiger partial charge in [-0.05, 0) is 11.6 Å². The third-order valence-corrected chi connectivity index (χ3v) is 5.80. The fourth-order valence-corrected chi connectivity index (χ4v) is 4.41. The molecule has 0 atom stereocenters. The van der Waals surface area contributed by atoms with Gasteiger partial charge in [0.05, 0.1) is 17.6 Å². The second kappa shape index (κ2) is 8.34. The maximum absolute atomic E-state index is 13.2. The summed E-state index contributed by atoms with van der Waals surface area (Å²) in [7, 11) is 0. The Labute approximate surface area is 172 Å². The highest BCUT2D eigenvalue weighted by atomic mass is 32.2. The van der Waals surface area contributed by atoms with Crippen molar-refractivity contribution in [3.05, 3.63) is 66.1 Å². The zero-order valence-electron chi connectivity index (χ0n) is 14.9. The number of thioether (sulfide) groups is 1. The van der Waals surface area contributed by atoms with Crippen molar-refractivity contribution in [1.82, 2.24) is 24.5 Å². The van der Waals surface area contributed by atoms with Gasteiger partial charge < -0.3 is 4.57 Å². The molecule has 29 heavy (non-hydrogen) atoms. The summed E-state index contributed by atoms with van der Waals surface area (Å²) in [6.07, 6.45) is 0.403. The minimum Gasteiger partial charge on any atom is -0.310 e. The molecule has 1 aromatic carbocycles. The molecule has 0 spiro atoms. The second-order valence-corrected chi connectivity index (χ2v) is 7.80. The summed E-state index contributed by atoms with van der Waals surface area (Å²) in [5.74, 6) is 0.922. The molecule has 0 aliphatic carbocycles. The minimum atomic E-state index is -4.35. The first-order valence-corrected chi connectivity index (χ1v) is 10.4. The van der Waals surface area contributed by atoms with Gasteiger partial charge in [0.1, 0.15) is 6.54 Å². The highest BCUT2D eigenvalue weighted by Gasteiger charge is 2.30. The average molecular weight is 433 g/mol. The van der Waals surface area contributed by atoms with Crippen molar-refractivity contribution in [2.45, 2.75) is 23.6 Å². The number of hydrogen-bond acceptors (Lipinski definition) is 6. The van der Waals surface area contributed by atoms with Gasteiger partial charge >= 0.3 is 6.18 Å². The van der Waals surface area contributed by atoms with Crippen LogP contribution in [-0.4, -0.2) is 30.7 Å². The van der Waals surface area contributed by atoms with Crippen LogP contribution in [0, 0.1) is 0 Å². The zero-order valence-corrected chi connectivity index (χ0v) is 16.5. The Kier molecular flexibility index (Phi) is 5.63. The van der Waals surface area contributed by atoms with Crippen LogP contribution in [0.4, 0.5) is 13.2 Å². The molecule has 0 radical (unpaired) electrons. The number of nitrogens with zero attached hydrogens (tertiary/aromatic N) is 5. The lowest BCUT2D eigenvalue weighted by molar-refractivity contribution is -0.141. The van der Waals surface area contributed by atoms with Crippen LogP contribution in [0.15, 0.2) is 65.5 Å². The van der Waals surface area contributed by atoms with Gasteiger partial charge in [-0.2, -0.15) is 13.2 Å². The van der Waals surface area contributed by atoms with Crippen LogP contribution in [0.1, 0.15) is 5.69 Å². The molecule has 4 rings (SSSR count). The van der Waals surface area contributed by atoms with Gasteiger partial charge in [-0.25, -0.2) is 19.9 Å². The summed E-state index contributed by atoms with van der Waals surface area (Å²) in [5.41, 5.74) is 1.86. The lowest BCUT2D eigenvalue weighted by atomic mass is 10.2. The van der Waals surface area contributed by atoms with E-state index in [0.29, 0.717) is 33.0 Å². The summed E-state index contributed by atoms with van der Waals surface area (Å²) in [6.45, 7) is -1.10. The summed E-state index contributed by atoms with van der Waals surface area (Å²) in [5, 5.41) is 2.82. The van der Waals surface area contributed by atoms with Crippen LogP contribution in [0.5, 0.6) is 0 Å². The molecule has 5 nitrogen and oxygen atoms in total. The molecule has 0 saturated carbocycles. The van der Waals surface area contributed by atoms with Crippen LogP contribution in [0.25, 0.3) is 22.1 Å². The molecule has 3 aromatic heterocycles. The zero-order chi connectivity index (χ0) is 20.3. The quantitative estimate of drug-likeness (QED) is 0.385. The Morgan fingerprint density at radius 1 is 1.00 bits per heavy atom. The third-order valence-electron chi connectivity index (χ3n) is 3.88. The van der Waals surface area contributed by atoms with E-state index in [-0.39, 0.29) is 0 Å². The highest BCUT2D eigenvalue weighted by molar-refractivity contribution is 7.98. The number of alkyl halides is 3. The fourth-order valence-electron chi connectivity index (χ4n) is 2.67. The summed E-state index contributed by atoms with van der Waals surface area (Å²) < 4.78 is 40.7. The Bertz CT molecular complexity index is 1080. The molecule has 0 fully saturated rings. The van der Waals surface area contributed by atoms with Crippen molar-refractivity contribution >= 4 is 23.1 Å². The van der Waals surface area contributed by atoms with E-state index in [2.05, 4.69) is 19.9 Å². The molecule has 0 aliphatic heterocycles. The van der Waals surface area contributed by atoms with Crippen LogP contribution >= 0.6 is 23.1 Å². The number of thiazole rings is 1. The number of imidazole rings is 1. The normalized spacial score (nSPS) is 11.7. The molecule has 0 unspecified atom stereocenters. The van der Waals surface area contributed by atoms with Gasteiger partial charge in [-0.15, -0.1) is 11.3 Å². The van der Waals surface area contributed by atoms with Crippen LogP contribution in [0.3, 0.4) is 0 Å². The maximum Gasteiger partial charge on any atom is 0.406 e. The largest absolute Gasteiger partial charge is 0.406 e. The highest BCUT2D eigenvalue weighted by Crippen LogP contribution is 2.32. The number of hydrogen-bond donors (Lipinski definition) is 0. The standard InChI is InChI=1S/C19H14F3N5S2/c20-19(21,22)12-27-15(13-5-2-1-3-6-13)9-25-18(27)29-11-14-10-28-17(26-14)16-23-7-4-8-24-16/h1-10H,11-12H2. The topological polar surface area (TPSA) is 56.5 Å². The molecule has 0 amide bonds.